The minimum Gasteiger partial charge on any atom is -0.493 e. The van der Waals surface area contributed by atoms with E-state index in [0.29, 0.717) is 11.2 Å². The molecule has 166 valence electrons. The van der Waals surface area contributed by atoms with Crippen LogP contribution in [0.25, 0.3) is 0 Å². The van der Waals surface area contributed by atoms with Crippen molar-refractivity contribution in [3.63, 3.8) is 0 Å². The van der Waals surface area contributed by atoms with E-state index in [1.54, 1.807) is 4.57 Å². The second kappa shape index (κ2) is 10.8. The summed E-state index contributed by atoms with van der Waals surface area (Å²) in [7, 11) is 0. The number of carbonyl (C=O) groups excluding carboxylic acids is 1. The van der Waals surface area contributed by atoms with Crippen molar-refractivity contribution in [2.24, 2.45) is 0 Å². The number of carbonyl (C=O) groups is 1. The van der Waals surface area contributed by atoms with E-state index < -0.39 is 0 Å². The predicted molar refractivity (Wildman–Crippen MR) is 126 cm³/mol. The number of allylic oxidation sites excluding steroid dienone is 1. The Balaban J connectivity index is 1.42. The van der Waals surface area contributed by atoms with Gasteiger partial charge >= 0.3 is 0 Å². The van der Waals surface area contributed by atoms with Crippen LogP contribution in [0.1, 0.15) is 40.9 Å². The molecule has 0 N–H and O–H groups in total. The molecule has 4 rings (SSSR count). The van der Waals surface area contributed by atoms with E-state index >= 15 is 0 Å². The lowest BCUT2D eigenvalue weighted by Gasteiger charge is -2.38. The summed E-state index contributed by atoms with van der Waals surface area (Å²) < 4.78 is 20.5. The first kappa shape index (κ1) is 22.5. The van der Waals surface area contributed by atoms with Crippen LogP contribution in [-0.2, 0) is 14.2 Å². The minimum atomic E-state index is -0.388. The van der Waals surface area contributed by atoms with Crippen molar-refractivity contribution >= 4 is 29.4 Å². The minimum absolute atomic E-state index is 0.100. The van der Waals surface area contributed by atoms with Crippen LogP contribution in [0.5, 0.6) is 0 Å². The maximum Gasteiger partial charge on any atom is 0.258 e. The van der Waals surface area contributed by atoms with Crippen LogP contribution in [0.3, 0.4) is 0 Å². The average molecular weight is 460 g/mol. The molecule has 0 bridgehead atoms. The first-order valence-electron chi connectivity index (χ1n) is 10.7. The first-order valence-corrected chi connectivity index (χ1v) is 12.8. The van der Waals surface area contributed by atoms with Gasteiger partial charge in [-0.15, -0.1) is 23.5 Å². The number of hydrogen-bond acceptors (Lipinski definition) is 6. The molecule has 0 aliphatic carbocycles. The molecule has 2 aromatic rings. The van der Waals surface area contributed by atoms with Gasteiger partial charge in [-0.25, -0.2) is 0 Å². The largest absolute Gasteiger partial charge is 0.493 e. The smallest absolute Gasteiger partial charge is 0.258 e. The van der Waals surface area contributed by atoms with Gasteiger partial charge in [0.05, 0.1) is 17.5 Å². The fourth-order valence-corrected chi connectivity index (χ4v) is 6.79. The number of rotatable bonds is 6. The Bertz CT molecular complexity index is 873. The highest BCUT2D eigenvalue weighted by Gasteiger charge is 2.36. The van der Waals surface area contributed by atoms with Gasteiger partial charge in [-0.2, -0.15) is 0 Å². The quantitative estimate of drug-likeness (QED) is 0.429. The maximum atomic E-state index is 12.6. The number of hydrogen-bond donors (Lipinski definition) is 0. The monoisotopic (exact) mass is 459 g/mol. The van der Waals surface area contributed by atoms with E-state index in [4.69, 9.17) is 14.2 Å². The predicted octanol–water partition coefficient (Wildman–Crippen LogP) is 5.34. The Morgan fingerprint density at radius 1 is 1.13 bits per heavy atom. The zero-order chi connectivity index (χ0) is 21.6. The second-order valence-corrected chi connectivity index (χ2v) is 10.7. The van der Waals surface area contributed by atoms with Crippen molar-refractivity contribution in [1.29, 1.82) is 0 Å². The van der Waals surface area contributed by atoms with Crippen LogP contribution in [0, 0.1) is 13.8 Å². The van der Waals surface area contributed by atoms with Gasteiger partial charge in [-0.05, 0) is 50.3 Å². The lowest BCUT2D eigenvalue weighted by molar-refractivity contribution is -0.257. The molecular weight excluding hydrogens is 430 g/mol. The van der Waals surface area contributed by atoms with E-state index in [1.165, 1.54) is 30.3 Å². The molecule has 2 aliphatic heterocycles. The zero-order valence-corrected chi connectivity index (χ0v) is 19.6. The van der Waals surface area contributed by atoms with E-state index in [-0.39, 0.29) is 24.4 Å². The SMILES string of the molecule is Cc1ccc(C)n1C(=O)/C=C/O[C@@H]1CO[C@@H](c2ccccc2)O[C@H]1CC1SCCCS1. The van der Waals surface area contributed by atoms with Gasteiger partial charge < -0.3 is 14.2 Å². The molecule has 31 heavy (non-hydrogen) atoms. The molecule has 2 fully saturated rings. The molecule has 0 amide bonds. The van der Waals surface area contributed by atoms with Crippen molar-refractivity contribution in [1.82, 2.24) is 4.57 Å². The zero-order valence-electron chi connectivity index (χ0n) is 17.9. The molecule has 3 atom stereocenters. The Hall–Kier alpha value is -1.67. The molecule has 0 spiro atoms. The molecule has 1 aromatic carbocycles. The molecule has 2 aliphatic rings. The Morgan fingerprint density at radius 2 is 1.84 bits per heavy atom. The van der Waals surface area contributed by atoms with E-state index in [2.05, 4.69) is 0 Å². The Labute approximate surface area is 192 Å². The summed E-state index contributed by atoms with van der Waals surface area (Å²) in [4.78, 5) is 12.6. The number of aryl methyl sites for hydroxylation is 2. The third kappa shape index (κ3) is 5.77. The highest BCUT2D eigenvalue weighted by molar-refractivity contribution is 8.17. The summed E-state index contributed by atoms with van der Waals surface area (Å²) in [5, 5.41) is 0. The third-order valence-electron chi connectivity index (χ3n) is 5.47. The van der Waals surface area contributed by atoms with Gasteiger partial charge in [0, 0.05) is 23.0 Å². The van der Waals surface area contributed by atoms with Crippen LogP contribution in [0.2, 0.25) is 0 Å². The topological polar surface area (TPSA) is 49.7 Å². The summed E-state index contributed by atoms with van der Waals surface area (Å²) in [6.45, 7) is 4.26. The fourth-order valence-electron chi connectivity index (χ4n) is 3.85. The van der Waals surface area contributed by atoms with Crippen molar-refractivity contribution < 1.29 is 19.0 Å². The molecule has 0 radical (unpaired) electrons. The maximum absolute atomic E-state index is 12.6. The van der Waals surface area contributed by atoms with Crippen molar-refractivity contribution in [2.75, 3.05) is 18.1 Å². The number of nitrogens with zero attached hydrogens (tertiary/aromatic N) is 1. The van der Waals surface area contributed by atoms with Crippen molar-refractivity contribution in [3.05, 3.63) is 71.8 Å². The fraction of sp³-hybridized carbons (Fsp3) is 0.458. The highest BCUT2D eigenvalue weighted by atomic mass is 32.2. The third-order valence-corrected chi connectivity index (χ3v) is 8.47. The summed E-state index contributed by atoms with van der Waals surface area (Å²) in [6, 6.07) is 13.9. The lowest BCUT2D eigenvalue weighted by atomic mass is 10.1. The van der Waals surface area contributed by atoms with E-state index in [1.807, 2.05) is 79.8 Å². The van der Waals surface area contributed by atoms with Gasteiger partial charge in [0.25, 0.3) is 5.91 Å². The van der Waals surface area contributed by atoms with E-state index in [0.717, 1.165) is 23.4 Å². The Morgan fingerprint density at radius 3 is 2.55 bits per heavy atom. The summed E-state index contributed by atoms with van der Waals surface area (Å²) in [5.41, 5.74) is 2.83. The number of benzene rings is 1. The first-order chi connectivity index (χ1) is 15.1. The molecule has 5 nitrogen and oxygen atoms in total. The number of thioether (sulfide) groups is 2. The van der Waals surface area contributed by atoms with Gasteiger partial charge in [0.1, 0.15) is 12.2 Å². The van der Waals surface area contributed by atoms with Crippen molar-refractivity contribution in [2.45, 2.75) is 49.8 Å². The normalized spacial score (nSPS) is 25.0. The van der Waals surface area contributed by atoms with Crippen LogP contribution < -0.4 is 0 Å². The summed E-state index contributed by atoms with van der Waals surface area (Å²) in [5.74, 6) is 2.27. The second-order valence-electron chi connectivity index (χ2n) is 7.78. The average Bonchev–Trinajstić information content (AvgIpc) is 3.14. The molecule has 0 saturated carbocycles. The van der Waals surface area contributed by atoms with Crippen LogP contribution in [-0.4, -0.2) is 45.4 Å². The van der Waals surface area contributed by atoms with Gasteiger partial charge in [-0.1, -0.05) is 30.3 Å². The standard InChI is InChI=1S/C24H29NO4S2/c1-17-9-10-18(2)25(17)22(26)11-12-27-21-16-28-24(19-7-4-3-5-8-19)29-20(21)15-23-30-13-6-14-31-23/h3-5,7-12,20-21,23-24H,6,13-16H2,1-2H3/b12-11+/t20-,21+,24+/m0/s1. The summed E-state index contributed by atoms with van der Waals surface area (Å²) in [6.07, 6.45) is 4.39. The lowest BCUT2D eigenvalue weighted by Crippen LogP contribution is -2.42. The van der Waals surface area contributed by atoms with Gasteiger partial charge in [-0.3, -0.25) is 9.36 Å². The molecule has 3 heterocycles. The highest BCUT2D eigenvalue weighted by Crippen LogP contribution is 2.38. The number of aromatic nitrogens is 1. The van der Waals surface area contributed by atoms with Crippen LogP contribution >= 0.6 is 23.5 Å². The molecule has 2 saturated heterocycles. The van der Waals surface area contributed by atoms with Crippen LogP contribution in [0.15, 0.2) is 54.8 Å². The van der Waals surface area contributed by atoms with Crippen molar-refractivity contribution in [3.8, 4) is 0 Å². The van der Waals surface area contributed by atoms with Crippen LogP contribution in [0.4, 0.5) is 0 Å². The van der Waals surface area contributed by atoms with Gasteiger partial charge in [0.15, 0.2) is 6.29 Å². The molecule has 7 heteroatoms. The van der Waals surface area contributed by atoms with E-state index in [9.17, 15) is 4.79 Å². The number of ether oxygens (including phenoxy) is 3. The Kier molecular flexibility index (Phi) is 7.82. The molecule has 0 unspecified atom stereocenters. The molecular formula is C24H29NO4S2. The van der Waals surface area contributed by atoms with Gasteiger partial charge in [0.2, 0.25) is 0 Å². The summed E-state index contributed by atoms with van der Waals surface area (Å²) >= 11 is 3.99. The molecule has 1 aromatic heterocycles.